The van der Waals surface area contributed by atoms with Gasteiger partial charge in [0.2, 0.25) is 5.91 Å². The fourth-order valence-electron chi connectivity index (χ4n) is 5.19. The number of ether oxygens (including phenoxy) is 1. The number of amides is 1. The summed E-state index contributed by atoms with van der Waals surface area (Å²) in [6.45, 7) is 7.33. The number of carboxylic acid groups (broad SMARTS) is 1. The van der Waals surface area contributed by atoms with Gasteiger partial charge in [0.1, 0.15) is 11.4 Å². The predicted octanol–water partition coefficient (Wildman–Crippen LogP) is 6.22. The lowest BCUT2D eigenvalue weighted by Gasteiger charge is -2.24. The Morgan fingerprint density at radius 1 is 0.895 bits per heavy atom. The van der Waals surface area contributed by atoms with Gasteiger partial charge in [-0.15, -0.1) is 0 Å². The van der Waals surface area contributed by atoms with Gasteiger partial charge < -0.3 is 14.7 Å². The van der Waals surface area contributed by atoms with Crippen molar-refractivity contribution in [3.05, 3.63) is 101 Å². The molecule has 3 aromatic rings. The average molecular weight is 514 g/mol. The molecule has 200 valence electrons. The van der Waals surface area contributed by atoms with Gasteiger partial charge >= 0.3 is 5.97 Å². The molecule has 0 aliphatic carbocycles. The van der Waals surface area contributed by atoms with Crippen molar-refractivity contribution < 1.29 is 19.4 Å². The number of carboxylic acids is 1. The molecule has 0 spiro atoms. The second-order valence-electron chi connectivity index (χ2n) is 11.0. The molecule has 0 bridgehead atoms. The van der Waals surface area contributed by atoms with Crippen LogP contribution in [0.4, 0.5) is 0 Å². The van der Waals surface area contributed by atoms with Gasteiger partial charge in [0.05, 0.1) is 6.42 Å². The highest BCUT2D eigenvalue weighted by Crippen LogP contribution is 2.37. The van der Waals surface area contributed by atoms with E-state index in [1.165, 1.54) is 16.7 Å². The number of rotatable bonds is 12. The standard InChI is InChI=1S/C33H39NO4/c1-24(2)28-13-9-27(10-14-28)22-33(3)23-29-21-26(11-15-30(29)38-33)12-16-31(35)34(20-18-32(36)37)19-17-25-7-5-4-6-8-25/h4-11,13-15,21,24H,12,16-20,22-23H2,1-3H3,(H,36,37). The third-order valence-corrected chi connectivity index (χ3v) is 7.36. The first-order valence-electron chi connectivity index (χ1n) is 13.6. The number of aryl methyl sites for hydroxylation is 1. The van der Waals surface area contributed by atoms with Crippen LogP contribution in [0.2, 0.25) is 0 Å². The Morgan fingerprint density at radius 3 is 2.29 bits per heavy atom. The highest BCUT2D eigenvalue weighted by molar-refractivity contribution is 5.77. The van der Waals surface area contributed by atoms with Crippen molar-refractivity contribution >= 4 is 11.9 Å². The lowest BCUT2D eigenvalue weighted by Crippen LogP contribution is -2.35. The molecule has 0 aromatic heterocycles. The predicted molar refractivity (Wildman–Crippen MR) is 151 cm³/mol. The van der Waals surface area contributed by atoms with E-state index in [0.717, 1.165) is 29.7 Å². The molecule has 5 nitrogen and oxygen atoms in total. The molecule has 1 aliphatic heterocycles. The van der Waals surface area contributed by atoms with Gasteiger partial charge in [-0.3, -0.25) is 9.59 Å². The molecular formula is C33H39NO4. The largest absolute Gasteiger partial charge is 0.487 e. The van der Waals surface area contributed by atoms with Gasteiger partial charge in [-0.1, -0.05) is 80.6 Å². The molecule has 3 aromatic carbocycles. The van der Waals surface area contributed by atoms with Gasteiger partial charge in [0, 0.05) is 32.4 Å². The quantitative estimate of drug-likeness (QED) is 0.312. The Labute approximate surface area is 226 Å². The Morgan fingerprint density at radius 2 is 1.61 bits per heavy atom. The molecule has 1 N–H and O–H groups in total. The van der Waals surface area contributed by atoms with Gasteiger partial charge in [0.15, 0.2) is 0 Å². The van der Waals surface area contributed by atoms with E-state index in [1.807, 2.05) is 42.5 Å². The topological polar surface area (TPSA) is 66.8 Å². The highest BCUT2D eigenvalue weighted by Gasteiger charge is 2.35. The zero-order valence-corrected chi connectivity index (χ0v) is 22.8. The van der Waals surface area contributed by atoms with E-state index in [4.69, 9.17) is 9.84 Å². The van der Waals surface area contributed by atoms with E-state index in [0.29, 0.717) is 31.7 Å². The fraction of sp³-hybridized carbons (Fsp3) is 0.394. The molecule has 1 heterocycles. The van der Waals surface area contributed by atoms with Crippen molar-refractivity contribution in [2.75, 3.05) is 13.1 Å². The van der Waals surface area contributed by atoms with E-state index in [9.17, 15) is 9.59 Å². The normalized spacial score (nSPS) is 16.2. The van der Waals surface area contributed by atoms with Gasteiger partial charge in [0.25, 0.3) is 0 Å². The molecule has 0 fully saturated rings. The van der Waals surface area contributed by atoms with Crippen LogP contribution >= 0.6 is 0 Å². The van der Waals surface area contributed by atoms with Crippen molar-refractivity contribution in [2.24, 2.45) is 0 Å². The summed E-state index contributed by atoms with van der Waals surface area (Å²) in [6.07, 6.45) is 3.31. The number of carbonyl (C=O) groups is 2. The zero-order chi connectivity index (χ0) is 27.1. The number of carbonyl (C=O) groups excluding carboxylic acids is 1. The van der Waals surface area contributed by atoms with Gasteiger partial charge in [-0.2, -0.15) is 0 Å². The molecule has 38 heavy (non-hydrogen) atoms. The number of hydrogen-bond donors (Lipinski definition) is 1. The summed E-state index contributed by atoms with van der Waals surface area (Å²) >= 11 is 0. The average Bonchev–Trinajstić information content (AvgIpc) is 3.22. The summed E-state index contributed by atoms with van der Waals surface area (Å²) in [5.41, 5.74) is 5.75. The van der Waals surface area contributed by atoms with E-state index in [-0.39, 0.29) is 24.5 Å². The molecular weight excluding hydrogens is 474 g/mol. The minimum absolute atomic E-state index is 0.00591. The minimum atomic E-state index is -0.889. The highest BCUT2D eigenvalue weighted by atomic mass is 16.5. The third-order valence-electron chi connectivity index (χ3n) is 7.36. The van der Waals surface area contributed by atoms with Crippen LogP contribution in [-0.4, -0.2) is 40.6 Å². The maximum Gasteiger partial charge on any atom is 0.305 e. The Bertz CT molecular complexity index is 1240. The molecule has 4 rings (SSSR count). The number of fused-ring (bicyclic) bond motifs is 1. The molecule has 0 saturated heterocycles. The van der Waals surface area contributed by atoms with E-state index in [1.54, 1.807) is 4.90 Å². The summed E-state index contributed by atoms with van der Waals surface area (Å²) in [6, 6.07) is 25.0. The van der Waals surface area contributed by atoms with Gasteiger partial charge in [-0.25, -0.2) is 0 Å². The molecule has 1 amide bonds. The van der Waals surface area contributed by atoms with Crippen LogP contribution in [-0.2, 0) is 35.3 Å². The lowest BCUT2D eigenvalue weighted by molar-refractivity contribution is -0.138. The first-order valence-corrected chi connectivity index (χ1v) is 13.6. The summed E-state index contributed by atoms with van der Waals surface area (Å²) in [5.74, 6) is 0.547. The van der Waals surface area contributed by atoms with E-state index < -0.39 is 5.97 Å². The maximum absolute atomic E-state index is 13.1. The summed E-state index contributed by atoms with van der Waals surface area (Å²) in [4.78, 5) is 25.9. The van der Waals surface area contributed by atoms with Crippen LogP contribution in [0.15, 0.2) is 72.8 Å². The van der Waals surface area contributed by atoms with Crippen LogP contribution in [0, 0.1) is 0 Å². The van der Waals surface area contributed by atoms with E-state index in [2.05, 4.69) is 51.1 Å². The number of nitrogens with zero attached hydrogens (tertiary/aromatic N) is 1. The fourth-order valence-corrected chi connectivity index (χ4v) is 5.19. The monoisotopic (exact) mass is 513 g/mol. The minimum Gasteiger partial charge on any atom is -0.487 e. The zero-order valence-electron chi connectivity index (χ0n) is 22.8. The lowest BCUT2D eigenvalue weighted by atomic mass is 9.90. The molecule has 1 unspecified atom stereocenters. The summed E-state index contributed by atoms with van der Waals surface area (Å²) in [7, 11) is 0. The first kappa shape index (κ1) is 27.4. The first-order chi connectivity index (χ1) is 18.2. The van der Waals surface area contributed by atoms with Crippen molar-refractivity contribution in [3.8, 4) is 5.75 Å². The molecule has 0 radical (unpaired) electrons. The van der Waals surface area contributed by atoms with Crippen LogP contribution in [0.1, 0.15) is 67.3 Å². The van der Waals surface area contributed by atoms with Gasteiger partial charge in [-0.05, 0) is 59.6 Å². The molecule has 1 atom stereocenters. The van der Waals surface area contributed by atoms with Crippen molar-refractivity contribution in [2.45, 2.75) is 70.8 Å². The second-order valence-corrected chi connectivity index (χ2v) is 11.0. The maximum atomic E-state index is 13.1. The molecule has 5 heteroatoms. The molecule has 1 aliphatic rings. The Balaban J connectivity index is 1.34. The third kappa shape index (κ3) is 7.47. The second kappa shape index (κ2) is 12.3. The van der Waals surface area contributed by atoms with Crippen molar-refractivity contribution in [1.29, 1.82) is 0 Å². The van der Waals surface area contributed by atoms with Crippen LogP contribution in [0.25, 0.3) is 0 Å². The van der Waals surface area contributed by atoms with Crippen molar-refractivity contribution in [1.82, 2.24) is 4.90 Å². The number of hydrogen-bond acceptors (Lipinski definition) is 3. The Kier molecular flexibility index (Phi) is 8.88. The number of aliphatic carboxylic acids is 1. The van der Waals surface area contributed by atoms with Crippen LogP contribution < -0.4 is 4.74 Å². The van der Waals surface area contributed by atoms with E-state index >= 15 is 0 Å². The SMILES string of the molecule is CC(C)c1ccc(CC2(C)Cc3cc(CCC(=O)N(CCC(=O)O)CCc4ccccc4)ccc3O2)cc1. The Hall–Kier alpha value is -3.60. The summed E-state index contributed by atoms with van der Waals surface area (Å²) < 4.78 is 6.39. The molecule has 0 saturated carbocycles. The van der Waals surface area contributed by atoms with Crippen LogP contribution in [0.3, 0.4) is 0 Å². The smallest absolute Gasteiger partial charge is 0.305 e. The number of benzene rings is 3. The van der Waals surface area contributed by atoms with Crippen LogP contribution in [0.5, 0.6) is 5.75 Å². The van der Waals surface area contributed by atoms with Crippen molar-refractivity contribution in [3.63, 3.8) is 0 Å². The summed E-state index contributed by atoms with van der Waals surface area (Å²) in [5, 5.41) is 9.15.